The van der Waals surface area contributed by atoms with Crippen LogP contribution in [-0.4, -0.2) is 52.7 Å². The molecule has 1 aromatic rings. The first-order valence-electron chi connectivity index (χ1n) is 11.2. The lowest BCUT2D eigenvalue weighted by Gasteiger charge is -2.38. The van der Waals surface area contributed by atoms with Crippen molar-refractivity contribution in [2.24, 2.45) is 0 Å². The molecule has 0 radical (unpaired) electrons. The van der Waals surface area contributed by atoms with Crippen LogP contribution in [0.4, 0.5) is 17.8 Å². The zero-order valence-corrected chi connectivity index (χ0v) is 17.4. The van der Waals surface area contributed by atoms with Crippen molar-refractivity contribution in [3.05, 3.63) is 0 Å². The topological polar surface area (TPSA) is 48.4 Å². The third-order valence-electron chi connectivity index (χ3n) is 6.78. The van der Waals surface area contributed by atoms with Crippen LogP contribution in [0, 0.1) is 0 Å². The summed E-state index contributed by atoms with van der Waals surface area (Å²) in [5.41, 5.74) is 0. The Morgan fingerprint density at radius 2 is 0.815 bits per heavy atom. The Bertz CT molecular complexity index is 537. The van der Waals surface area contributed by atoms with Gasteiger partial charge in [-0.05, 0) is 78.6 Å². The highest BCUT2D eigenvalue weighted by Crippen LogP contribution is 2.30. The summed E-state index contributed by atoms with van der Waals surface area (Å²) in [6.45, 7) is 10.1. The van der Waals surface area contributed by atoms with E-state index < -0.39 is 0 Å². The van der Waals surface area contributed by atoms with Crippen molar-refractivity contribution in [3.63, 3.8) is 0 Å². The molecule has 0 aromatic carbocycles. The number of nitrogens with zero attached hydrogens (tertiary/aromatic N) is 6. The van der Waals surface area contributed by atoms with Gasteiger partial charge in [0, 0.05) is 37.8 Å². The van der Waals surface area contributed by atoms with E-state index in [1.54, 1.807) is 0 Å². The van der Waals surface area contributed by atoms with Gasteiger partial charge in [0.25, 0.3) is 0 Å². The Morgan fingerprint density at radius 3 is 1.07 bits per heavy atom. The maximum atomic E-state index is 5.00. The number of piperidine rings is 3. The highest BCUT2D eigenvalue weighted by Gasteiger charge is 2.29. The Balaban J connectivity index is 1.71. The Hall–Kier alpha value is -1.59. The summed E-state index contributed by atoms with van der Waals surface area (Å²) in [4.78, 5) is 22.3. The van der Waals surface area contributed by atoms with Crippen molar-refractivity contribution < 1.29 is 0 Å². The number of anilines is 3. The molecule has 0 saturated carbocycles. The largest absolute Gasteiger partial charge is 0.338 e. The van der Waals surface area contributed by atoms with Crippen molar-refractivity contribution >= 4 is 17.8 Å². The molecule has 4 rings (SSSR count). The van der Waals surface area contributed by atoms with Crippen LogP contribution in [0.15, 0.2) is 0 Å². The molecular formula is C21H36N6. The van der Waals surface area contributed by atoms with Crippen LogP contribution in [0.1, 0.15) is 78.6 Å². The minimum atomic E-state index is 0.513. The summed E-state index contributed by atoms with van der Waals surface area (Å²) >= 11 is 0. The van der Waals surface area contributed by atoms with Gasteiger partial charge in [0.2, 0.25) is 17.8 Å². The summed E-state index contributed by atoms with van der Waals surface area (Å²) in [5.74, 6) is 2.70. The van der Waals surface area contributed by atoms with Crippen LogP contribution in [-0.2, 0) is 0 Å². The highest BCUT2D eigenvalue weighted by molar-refractivity contribution is 5.48. The molecule has 3 fully saturated rings. The third-order valence-corrected chi connectivity index (χ3v) is 6.78. The van der Waals surface area contributed by atoms with Crippen LogP contribution < -0.4 is 14.7 Å². The molecule has 0 amide bonds. The molecule has 0 spiro atoms. The summed E-state index contributed by atoms with van der Waals surface area (Å²) < 4.78 is 0. The number of rotatable bonds is 3. The Labute approximate surface area is 164 Å². The lowest BCUT2D eigenvalue weighted by Crippen LogP contribution is -2.43. The van der Waals surface area contributed by atoms with E-state index in [-0.39, 0.29) is 0 Å². The van der Waals surface area contributed by atoms with Gasteiger partial charge < -0.3 is 14.7 Å². The van der Waals surface area contributed by atoms with Crippen molar-refractivity contribution in [2.45, 2.75) is 96.7 Å². The van der Waals surface area contributed by atoms with Gasteiger partial charge in [-0.15, -0.1) is 0 Å². The molecule has 3 aliphatic rings. The SMILES string of the molecule is C[C@H]1CCCCN1c1nc(N2CCCC[C@@H]2C)nc(N2CCCC[C@@H]2C)n1. The molecule has 0 aliphatic carbocycles. The van der Waals surface area contributed by atoms with Crippen LogP contribution in [0.3, 0.4) is 0 Å². The fraction of sp³-hybridized carbons (Fsp3) is 0.857. The van der Waals surface area contributed by atoms with E-state index in [0.717, 1.165) is 37.5 Å². The lowest BCUT2D eigenvalue weighted by molar-refractivity contribution is 0.458. The van der Waals surface area contributed by atoms with E-state index in [2.05, 4.69) is 35.5 Å². The highest BCUT2D eigenvalue weighted by atomic mass is 15.4. The van der Waals surface area contributed by atoms with Crippen LogP contribution in [0.2, 0.25) is 0 Å². The first kappa shape index (κ1) is 18.8. The molecule has 3 saturated heterocycles. The number of hydrogen-bond acceptors (Lipinski definition) is 6. The number of aromatic nitrogens is 3. The zero-order chi connectivity index (χ0) is 18.8. The van der Waals surface area contributed by atoms with E-state index in [9.17, 15) is 0 Å². The monoisotopic (exact) mass is 372 g/mol. The fourth-order valence-electron chi connectivity index (χ4n) is 4.91. The second-order valence-electron chi connectivity index (χ2n) is 8.85. The van der Waals surface area contributed by atoms with Crippen molar-refractivity contribution in [1.82, 2.24) is 15.0 Å². The summed E-state index contributed by atoms with van der Waals surface area (Å²) in [7, 11) is 0. The minimum absolute atomic E-state index is 0.513. The van der Waals surface area contributed by atoms with Gasteiger partial charge in [-0.2, -0.15) is 15.0 Å². The predicted octanol–water partition coefficient (Wildman–Crippen LogP) is 4.01. The third kappa shape index (κ3) is 3.99. The van der Waals surface area contributed by atoms with E-state index in [1.807, 2.05) is 0 Å². The average Bonchev–Trinajstić information content (AvgIpc) is 2.69. The minimum Gasteiger partial charge on any atom is -0.338 e. The molecule has 150 valence electrons. The first-order chi connectivity index (χ1) is 13.1. The first-order valence-corrected chi connectivity index (χ1v) is 11.2. The molecule has 0 N–H and O–H groups in total. The molecule has 27 heavy (non-hydrogen) atoms. The summed E-state index contributed by atoms with van der Waals surface area (Å²) in [5, 5.41) is 0. The molecule has 6 heteroatoms. The smallest absolute Gasteiger partial charge is 0.232 e. The van der Waals surface area contributed by atoms with Crippen molar-refractivity contribution in [1.29, 1.82) is 0 Å². The quantitative estimate of drug-likeness (QED) is 0.799. The summed E-state index contributed by atoms with van der Waals surface area (Å²) in [6, 6.07) is 1.54. The molecule has 0 bridgehead atoms. The van der Waals surface area contributed by atoms with Crippen LogP contribution in [0.25, 0.3) is 0 Å². The van der Waals surface area contributed by atoms with E-state index >= 15 is 0 Å². The molecule has 1 aromatic heterocycles. The summed E-state index contributed by atoms with van der Waals surface area (Å²) in [6.07, 6.45) is 11.4. The van der Waals surface area contributed by atoms with Gasteiger partial charge >= 0.3 is 0 Å². The fourth-order valence-corrected chi connectivity index (χ4v) is 4.91. The van der Waals surface area contributed by atoms with Crippen LogP contribution in [0.5, 0.6) is 0 Å². The van der Waals surface area contributed by atoms with Gasteiger partial charge in [-0.1, -0.05) is 0 Å². The Kier molecular flexibility index (Phi) is 5.69. The molecule has 0 unspecified atom stereocenters. The maximum Gasteiger partial charge on any atom is 0.232 e. The van der Waals surface area contributed by atoms with Crippen molar-refractivity contribution in [2.75, 3.05) is 34.3 Å². The second-order valence-corrected chi connectivity index (χ2v) is 8.85. The van der Waals surface area contributed by atoms with Gasteiger partial charge in [0.1, 0.15) is 0 Å². The van der Waals surface area contributed by atoms with E-state index in [0.29, 0.717) is 18.1 Å². The van der Waals surface area contributed by atoms with Gasteiger partial charge in [-0.3, -0.25) is 0 Å². The second kappa shape index (κ2) is 8.19. The van der Waals surface area contributed by atoms with E-state index in [4.69, 9.17) is 15.0 Å². The van der Waals surface area contributed by atoms with Gasteiger partial charge in [0.15, 0.2) is 0 Å². The average molecular weight is 373 g/mol. The molecule has 6 nitrogen and oxygen atoms in total. The van der Waals surface area contributed by atoms with Crippen LogP contribution >= 0.6 is 0 Å². The number of hydrogen-bond donors (Lipinski definition) is 0. The van der Waals surface area contributed by atoms with Gasteiger partial charge in [-0.25, -0.2) is 0 Å². The maximum absolute atomic E-state index is 5.00. The van der Waals surface area contributed by atoms with Gasteiger partial charge in [0.05, 0.1) is 0 Å². The van der Waals surface area contributed by atoms with Crippen molar-refractivity contribution in [3.8, 4) is 0 Å². The lowest BCUT2D eigenvalue weighted by atomic mass is 10.0. The Morgan fingerprint density at radius 1 is 0.519 bits per heavy atom. The predicted molar refractivity (Wildman–Crippen MR) is 112 cm³/mol. The molecular weight excluding hydrogens is 336 g/mol. The molecule has 3 atom stereocenters. The zero-order valence-electron chi connectivity index (χ0n) is 17.4. The normalized spacial score (nSPS) is 29.9. The van der Waals surface area contributed by atoms with E-state index in [1.165, 1.54) is 57.8 Å². The molecule has 3 aliphatic heterocycles. The molecule has 4 heterocycles. The standard InChI is InChI=1S/C21H36N6/c1-16-10-4-7-13-25(16)19-22-20(26-14-8-5-11-17(26)2)24-21(23-19)27-15-9-6-12-18(27)3/h16-18H,4-15H2,1-3H3/t16-,17-,18-/m0/s1.